The molecule has 4 rings (SSSR count). The first kappa shape index (κ1) is 20.1. The highest BCUT2D eigenvalue weighted by atomic mass is 35.5. The number of hydrogen-bond donors (Lipinski definition) is 0. The molecule has 0 radical (unpaired) electrons. The number of pyridine rings is 1. The van der Waals surface area contributed by atoms with E-state index in [2.05, 4.69) is 22.5 Å². The van der Waals surface area contributed by atoms with Crippen molar-refractivity contribution < 1.29 is 0 Å². The van der Waals surface area contributed by atoms with Crippen LogP contribution in [0.15, 0.2) is 48.1 Å². The van der Waals surface area contributed by atoms with Crippen LogP contribution in [0.5, 0.6) is 0 Å². The van der Waals surface area contributed by atoms with Crippen LogP contribution < -0.4 is 0 Å². The lowest BCUT2D eigenvalue weighted by Crippen LogP contribution is -2.40. The molecule has 1 aliphatic carbocycles. The molecule has 2 unspecified atom stereocenters. The van der Waals surface area contributed by atoms with Crippen molar-refractivity contribution in [1.29, 1.82) is 0 Å². The minimum atomic E-state index is 0.696. The molecule has 5 heteroatoms. The highest BCUT2D eigenvalue weighted by Gasteiger charge is 2.31. The van der Waals surface area contributed by atoms with Crippen LogP contribution in [0.1, 0.15) is 43.2 Å². The van der Waals surface area contributed by atoms with Gasteiger partial charge in [0.25, 0.3) is 0 Å². The maximum absolute atomic E-state index is 6.29. The summed E-state index contributed by atoms with van der Waals surface area (Å²) in [5, 5.41) is 1.39. The van der Waals surface area contributed by atoms with Crippen molar-refractivity contribution in [3.05, 3.63) is 64.4 Å². The number of likely N-dealkylation sites (tertiary alicyclic amines) is 1. The first-order chi connectivity index (χ1) is 13.6. The largest absolute Gasteiger partial charge is 0.371 e. The molecule has 1 aromatic heterocycles. The molecule has 0 N–H and O–H groups in total. The molecule has 2 fully saturated rings. The Morgan fingerprint density at radius 1 is 1.11 bits per heavy atom. The van der Waals surface area contributed by atoms with Crippen LogP contribution in [0.4, 0.5) is 0 Å². The van der Waals surface area contributed by atoms with Gasteiger partial charge in [0.15, 0.2) is 0 Å². The van der Waals surface area contributed by atoms with E-state index in [0.717, 1.165) is 52.4 Å². The van der Waals surface area contributed by atoms with Gasteiger partial charge in [-0.05, 0) is 48.4 Å². The molecule has 0 bridgehead atoms. The van der Waals surface area contributed by atoms with Crippen molar-refractivity contribution in [2.24, 2.45) is 11.8 Å². The number of nitrogens with zero attached hydrogens (tertiary/aromatic N) is 2. The molecule has 1 saturated carbocycles. The van der Waals surface area contributed by atoms with Crippen LogP contribution >= 0.6 is 35.0 Å². The number of thioether (sulfide) groups is 1. The smallest absolute Gasteiger partial charge is 0.0557 e. The van der Waals surface area contributed by atoms with E-state index in [1.807, 2.05) is 30.6 Å². The van der Waals surface area contributed by atoms with E-state index in [-0.39, 0.29) is 0 Å². The Morgan fingerprint density at radius 3 is 2.64 bits per heavy atom. The minimum Gasteiger partial charge on any atom is -0.371 e. The average molecular weight is 433 g/mol. The van der Waals surface area contributed by atoms with E-state index in [1.54, 1.807) is 11.8 Å². The lowest BCUT2D eigenvalue weighted by Gasteiger charge is -2.43. The first-order valence-corrected chi connectivity index (χ1v) is 11.8. The molecule has 2 nitrogen and oxygen atoms in total. The van der Waals surface area contributed by atoms with E-state index in [4.69, 9.17) is 23.2 Å². The van der Waals surface area contributed by atoms with E-state index in [0.29, 0.717) is 10.0 Å². The molecule has 1 aliphatic heterocycles. The van der Waals surface area contributed by atoms with E-state index < -0.39 is 0 Å². The Bertz CT molecular complexity index is 834. The Kier molecular flexibility index (Phi) is 6.55. The molecule has 2 heterocycles. The van der Waals surface area contributed by atoms with E-state index in [1.165, 1.54) is 32.1 Å². The van der Waals surface area contributed by atoms with Crippen molar-refractivity contribution in [2.45, 2.75) is 42.8 Å². The first-order valence-electron chi connectivity index (χ1n) is 10.1. The van der Waals surface area contributed by atoms with Gasteiger partial charge in [0, 0.05) is 47.4 Å². The predicted octanol–water partition coefficient (Wildman–Crippen LogP) is 7.16. The van der Waals surface area contributed by atoms with Gasteiger partial charge in [-0.25, -0.2) is 0 Å². The lowest BCUT2D eigenvalue weighted by atomic mass is 9.75. The molecule has 2 atom stereocenters. The number of hydrogen-bond acceptors (Lipinski definition) is 3. The standard InChI is InChI=1S/C23H26Cl2N2S/c1-16(27-10-9-18-5-2-3-6-19(18)14-27)20-11-17(12-26-13-20)15-28-23-21(24)7-4-8-22(23)25/h4,7-8,11-13,18-19H,1-3,5-6,9-10,14-15H2. The summed E-state index contributed by atoms with van der Waals surface area (Å²) in [6.07, 6.45) is 10.8. The molecule has 2 aromatic rings. The Morgan fingerprint density at radius 2 is 1.86 bits per heavy atom. The zero-order chi connectivity index (χ0) is 19.5. The molecule has 1 aromatic carbocycles. The third-order valence-corrected chi connectivity index (χ3v) is 8.16. The second kappa shape index (κ2) is 9.11. The Hall–Kier alpha value is -1.16. The summed E-state index contributed by atoms with van der Waals surface area (Å²) >= 11 is 14.2. The van der Waals surface area contributed by atoms with Crippen LogP contribution in [-0.4, -0.2) is 23.0 Å². The van der Waals surface area contributed by atoms with E-state index >= 15 is 0 Å². The Labute approximate surface area is 182 Å². The van der Waals surface area contributed by atoms with Gasteiger partial charge in [0.1, 0.15) is 0 Å². The van der Waals surface area contributed by atoms with Crippen molar-refractivity contribution in [3.63, 3.8) is 0 Å². The topological polar surface area (TPSA) is 16.1 Å². The Balaban J connectivity index is 1.42. The molecule has 28 heavy (non-hydrogen) atoms. The second-order valence-corrected chi connectivity index (χ2v) is 9.71. The van der Waals surface area contributed by atoms with Gasteiger partial charge < -0.3 is 4.90 Å². The second-order valence-electron chi connectivity index (χ2n) is 7.91. The molecule has 2 aliphatic rings. The van der Waals surface area contributed by atoms with Crippen molar-refractivity contribution in [2.75, 3.05) is 13.1 Å². The molecule has 148 valence electrons. The van der Waals surface area contributed by atoms with Crippen LogP contribution in [0.25, 0.3) is 5.70 Å². The quantitative estimate of drug-likeness (QED) is 0.465. The summed E-state index contributed by atoms with van der Waals surface area (Å²) in [7, 11) is 0. The highest BCUT2D eigenvalue weighted by Crippen LogP contribution is 2.39. The average Bonchev–Trinajstić information content (AvgIpc) is 2.73. The summed E-state index contributed by atoms with van der Waals surface area (Å²) in [5.74, 6) is 2.55. The summed E-state index contributed by atoms with van der Waals surface area (Å²) in [4.78, 5) is 7.88. The molecular weight excluding hydrogens is 407 g/mol. The summed E-state index contributed by atoms with van der Waals surface area (Å²) < 4.78 is 0. The van der Waals surface area contributed by atoms with Gasteiger partial charge in [0.2, 0.25) is 0 Å². The summed E-state index contributed by atoms with van der Waals surface area (Å²) in [5.41, 5.74) is 3.39. The number of fused-ring (bicyclic) bond motifs is 1. The van der Waals surface area contributed by atoms with Crippen LogP contribution in [0, 0.1) is 11.8 Å². The van der Waals surface area contributed by atoms with Gasteiger partial charge in [-0.15, -0.1) is 11.8 Å². The number of aromatic nitrogens is 1. The zero-order valence-corrected chi connectivity index (χ0v) is 18.4. The van der Waals surface area contributed by atoms with Gasteiger partial charge in [0.05, 0.1) is 10.0 Å². The maximum Gasteiger partial charge on any atom is 0.0557 e. The molecule has 0 spiro atoms. The molecular formula is C23H26Cl2N2S. The predicted molar refractivity (Wildman–Crippen MR) is 121 cm³/mol. The van der Waals surface area contributed by atoms with Gasteiger partial charge in [-0.2, -0.15) is 0 Å². The van der Waals surface area contributed by atoms with Crippen molar-refractivity contribution in [1.82, 2.24) is 9.88 Å². The van der Waals surface area contributed by atoms with Gasteiger partial charge >= 0.3 is 0 Å². The fourth-order valence-corrected chi connectivity index (χ4v) is 6.13. The molecule has 0 amide bonds. The highest BCUT2D eigenvalue weighted by molar-refractivity contribution is 7.98. The van der Waals surface area contributed by atoms with Crippen LogP contribution in [0.2, 0.25) is 10.0 Å². The third-order valence-electron chi connectivity index (χ3n) is 6.10. The zero-order valence-electron chi connectivity index (χ0n) is 16.0. The SMILES string of the molecule is C=C(c1cncc(CSc2c(Cl)cccc2Cl)c1)N1CCC2CCCCC2C1. The normalized spacial score (nSPS) is 22.0. The number of halogens is 2. The lowest BCUT2D eigenvalue weighted by molar-refractivity contribution is 0.124. The fraction of sp³-hybridized carbons (Fsp3) is 0.435. The van der Waals surface area contributed by atoms with Gasteiger partial charge in [-0.1, -0.05) is 55.1 Å². The van der Waals surface area contributed by atoms with Crippen LogP contribution in [-0.2, 0) is 5.75 Å². The van der Waals surface area contributed by atoms with Gasteiger partial charge in [-0.3, -0.25) is 4.98 Å². The molecule has 1 saturated heterocycles. The summed E-state index contributed by atoms with van der Waals surface area (Å²) in [6.45, 7) is 6.68. The fourth-order valence-electron chi connectivity index (χ4n) is 4.53. The number of piperidine rings is 1. The van der Waals surface area contributed by atoms with Crippen LogP contribution in [0.3, 0.4) is 0 Å². The van der Waals surface area contributed by atoms with Crippen molar-refractivity contribution >= 4 is 40.7 Å². The monoisotopic (exact) mass is 432 g/mol. The maximum atomic E-state index is 6.29. The number of rotatable bonds is 5. The minimum absolute atomic E-state index is 0.696. The van der Waals surface area contributed by atoms with E-state index in [9.17, 15) is 0 Å². The summed E-state index contributed by atoms with van der Waals surface area (Å²) in [6, 6.07) is 7.83. The van der Waals surface area contributed by atoms with Crippen molar-refractivity contribution in [3.8, 4) is 0 Å². The third kappa shape index (κ3) is 4.53. The number of benzene rings is 1.